The highest BCUT2D eigenvalue weighted by Crippen LogP contribution is 2.46. The van der Waals surface area contributed by atoms with Crippen LogP contribution in [0.25, 0.3) is 21.7 Å². The fourth-order valence-corrected chi connectivity index (χ4v) is 8.42. The Balaban J connectivity index is 1.19. The van der Waals surface area contributed by atoms with Crippen molar-refractivity contribution in [3.63, 3.8) is 0 Å². The lowest BCUT2D eigenvalue weighted by molar-refractivity contribution is -0.148. The van der Waals surface area contributed by atoms with Crippen LogP contribution in [0.2, 0.25) is 0 Å². The third-order valence-corrected chi connectivity index (χ3v) is 11.5. The van der Waals surface area contributed by atoms with Crippen molar-refractivity contribution in [2.24, 2.45) is 5.92 Å². The highest BCUT2D eigenvalue weighted by atomic mass is 32.1. The number of aryl methyl sites for hydroxylation is 1. The molecule has 7 rings (SSSR count). The van der Waals surface area contributed by atoms with Crippen LogP contribution < -0.4 is 15.4 Å². The number of thiophene rings is 1. The van der Waals surface area contributed by atoms with Crippen LogP contribution in [0.3, 0.4) is 0 Å². The minimum Gasteiger partial charge on any atom is -0.471 e. The van der Waals surface area contributed by atoms with E-state index in [1.54, 1.807) is 6.20 Å². The van der Waals surface area contributed by atoms with Crippen molar-refractivity contribution >= 4 is 45.4 Å². The second-order valence-electron chi connectivity index (χ2n) is 14.0. The van der Waals surface area contributed by atoms with Crippen LogP contribution in [-0.4, -0.2) is 87.2 Å². The average molecular weight is 717 g/mol. The Morgan fingerprint density at radius 2 is 1.88 bits per heavy atom. The summed E-state index contributed by atoms with van der Waals surface area (Å²) >= 11 is 1.46. The van der Waals surface area contributed by atoms with Gasteiger partial charge in [-0.3, -0.25) is 14.6 Å². The lowest BCUT2D eigenvalue weighted by atomic mass is 10.0. The summed E-state index contributed by atoms with van der Waals surface area (Å²) in [7, 11) is 1.31. The van der Waals surface area contributed by atoms with Crippen LogP contribution in [0, 0.1) is 12.8 Å². The van der Waals surface area contributed by atoms with Crippen molar-refractivity contribution in [3.05, 3.63) is 47.5 Å². The summed E-state index contributed by atoms with van der Waals surface area (Å²) < 4.78 is 18.1. The number of aromatic nitrogens is 3. The van der Waals surface area contributed by atoms with Crippen molar-refractivity contribution in [1.29, 1.82) is 0 Å². The lowest BCUT2D eigenvalue weighted by Gasteiger charge is -2.29. The minimum absolute atomic E-state index is 0.0656. The molecule has 1 saturated heterocycles. The van der Waals surface area contributed by atoms with Gasteiger partial charge in [-0.2, -0.15) is 4.98 Å². The maximum Gasteiger partial charge on any atom is 0.408 e. The molecule has 2 N–H and O–H groups in total. The van der Waals surface area contributed by atoms with E-state index < -0.39 is 47.6 Å². The van der Waals surface area contributed by atoms with Gasteiger partial charge in [-0.05, 0) is 81.4 Å². The SMILES string of the molecule is COC(=O)[C@@]12C[C@@H]1/C=C\CCCCC[C@H](NC(=O)OC1CCCC1)C(=O)N1C[C@H](Oc3nc(-c4ccccn4)nc4c(C)csc34)C[C@H]1C(=O)N2. The summed E-state index contributed by atoms with van der Waals surface area (Å²) in [4.78, 5) is 70.3. The molecule has 3 aromatic heterocycles. The first-order valence-corrected chi connectivity index (χ1v) is 18.8. The van der Waals surface area contributed by atoms with Crippen molar-refractivity contribution in [2.75, 3.05) is 13.7 Å². The number of esters is 1. The van der Waals surface area contributed by atoms with Gasteiger partial charge in [0.15, 0.2) is 5.82 Å². The van der Waals surface area contributed by atoms with Crippen LogP contribution in [-0.2, 0) is 23.9 Å². The number of nitrogens with one attached hydrogen (secondary N) is 2. The number of allylic oxidation sites excluding steroid dienone is 1. The second-order valence-corrected chi connectivity index (χ2v) is 14.9. The molecule has 3 fully saturated rings. The van der Waals surface area contributed by atoms with Crippen LogP contribution in [0.1, 0.15) is 76.2 Å². The van der Waals surface area contributed by atoms with E-state index in [1.807, 2.05) is 42.7 Å². The Kier molecular flexibility index (Phi) is 10.2. The Morgan fingerprint density at radius 3 is 2.67 bits per heavy atom. The summed E-state index contributed by atoms with van der Waals surface area (Å²) in [6.45, 7) is 2.03. The maximum absolute atomic E-state index is 14.5. The zero-order valence-corrected chi connectivity index (χ0v) is 29.8. The van der Waals surface area contributed by atoms with Crippen molar-refractivity contribution in [2.45, 2.75) is 107 Å². The fraction of sp³-hybridized carbons (Fsp3) is 0.541. The molecule has 4 aliphatic rings. The molecular weight excluding hydrogens is 673 g/mol. The molecule has 0 bridgehead atoms. The molecule has 3 aromatic rings. The molecular formula is C37H44N6O7S. The highest BCUT2D eigenvalue weighted by molar-refractivity contribution is 7.17. The predicted octanol–water partition coefficient (Wildman–Crippen LogP) is 5.02. The van der Waals surface area contributed by atoms with Gasteiger partial charge >= 0.3 is 12.1 Å². The number of nitrogens with zero attached hydrogens (tertiary/aromatic N) is 4. The number of fused-ring (bicyclic) bond motifs is 3. The number of alkyl carbamates (subject to hydrolysis) is 1. The molecule has 0 spiro atoms. The average Bonchev–Trinajstić information content (AvgIpc) is 3.51. The number of methoxy groups -OCH3 is 1. The number of hydrogen-bond donors (Lipinski definition) is 2. The van der Waals surface area contributed by atoms with Gasteiger partial charge in [-0.25, -0.2) is 14.6 Å². The lowest BCUT2D eigenvalue weighted by Crippen LogP contribution is -2.56. The molecule has 0 unspecified atom stereocenters. The number of carbonyl (C=O) groups excluding carboxylic acids is 4. The maximum atomic E-state index is 14.5. The molecule has 13 nitrogen and oxygen atoms in total. The van der Waals surface area contributed by atoms with E-state index >= 15 is 0 Å². The summed E-state index contributed by atoms with van der Waals surface area (Å²) in [6.07, 6.45) is 12.0. The van der Waals surface area contributed by atoms with Crippen LogP contribution >= 0.6 is 11.3 Å². The van der Waals surface area contributed by atoms with Gasteiger partial charge in [0.1, 0.15) is 40.2 Å². The number of amides is 3. The summed E-state index contributed by atoms with van der Waals surface area (Å²) in [5.41, 5.74) is 1.09. The van der Waals surface area contributed by atoms with Gasteiger partial charge in [0.2, 0.25) is 17.7 Å². The van der Waals surface area contributed by atoms with E-state index in [0.29, 0.717) is 36.7 Å². The Hall–Kier alpha value is -4.59. The van der Waals surface area contributed by atoms with E-state index in [4.69, 9.17) is 24.2 Å². The molecule has 3 amide bonds. The zero-order valence-electron chi connectivity index (χ0n) is 29.0. The monoisotopic (exact) mass is 716 g/mol. The van der Waals surface area contributed by atoms with E-state index in [0.717, 1.165) is 60.7 Å². The summed E-state index contributed by atoms with van der Waals surface area (Å²) in [5.74, 6) is -0.867. The highest BCUT2D eigenvalue weighted by Gasteiger charge is 2.62. The molecule has 270 valence electrons. The first kappa shape index (κ1) is 34.8. The third kappa shape index (κ3) is 7.42. The van der Waals surface area contributed by atoms with Crippen molar-refractivity contribution < 1.29 is 33.4 Å². The molecule has 5 heterocycles. The van der Waals surface area contributed by atoms with Crippen molar-refractivity contribution in [3.8, 4) is 17.4 Å². The number of pyridine rings is 1. The third-order valence-electron chi connectivity index (χ3n) is 10.4. The van der Waals surface area contributed by atoms with Gasteiger partial charge in [0, 0.05) is 18.5 Å². The second kappa shape index (κ2) is 14.9. The first-order chi connectivity index (χ1) is 24.8. The normalized spacial score (nSPS) is 27.8. The summed E-state index contributed by atoms with van der Waals surface area (Å²) in [6, 6.07) is 3.62. The fourth-order valence-electron chi connectivity index (χ4n) is 7.50. The van der Waals surface area contributed by atoms with Crippen molar-refractivity contribution in [1.82, 2.24) is 30.5 Å². The van der Waals surface area contributed by atoms with E-state index in [2.05, 4.69) is 15.6 Å². The van der Waals surface area contributed by atoms with Crippen LogP contribution in [0.15, 0.2) is 41.9 Å². The molecule has 5 atom stereocenters. The minimum atomic E-state index is -1.20. The van der Waals surface area contributed by atoms with Gasteiger partial charge in [-0.1, -0.05) is 31.1 Å². The predicted molar refractivity (Wildman–Crippen MR) is 189 cm³/mol. The molecule has 0 radical (unpaired) electrons. The largest absolute Gasteiger partial charge is 0.471 e. The van der Waals surface area contributed by atoms with Gasteiger partial charge in [0.05, 0.1) is 19.2 Å². The zero-order chi connectivity index (χ0) is 35.5. The molecule has 2 saturated carbocycles. The molecule has 14 heteroatoms. The van der Waals surface area contributed by atoms with Gasteiger partial charge in [0.25, 0.3) is 0 Å². The number of ether oxygens (including phenoxy) is 3. The standard InChI is InChI=1S/C37H44N6O7S/c1-22-21-51-30-29(22)40-31(26-15-10-11-17-38-26)41-33(30)49-25-18-28-32(44)42-37(35(46)48-2)19-23(37)12-6-4-3-5-7-16-27(34(45)43(28)20-25)39-36(47)50-24-13-8-9-14-24/h6,10-12,15,17,21,23-25,27-28H,3-5,7-9,13-14,16,18-20H2,1-2H3,(H,39,47)(H,42,44)/b12-6-/t23-,25+,27-,28-,37+/m0/s1. The van der Waals surface area contributed by atoms with Gasteiger partial charge < -0.3 is 29.7 Å². The van der Waals surface area contributed by atoms with Gasteiger partial charge in [-0.15, -0.1) is 11.3 Å². The Morgan fingerprint density at radius 1 is 1.06 bits per heavy atom. The first-order valence-electron chi connectivity index (χ1n) is 17.9. The number of rotatable bonds is 6. The molecule has 2 aliphatic heterocycles. The van der Waals surface area contributed by atoms with E-state index in [9.17, 15) is 19.2 Å². The quantitative estimate of drug-likeness (QED) is 0.262. The number of hydrogen-bond acceptors (Lipinski definition) is 11. The van der Waals surface area contributed by atoms with Crippen LogP contribution in [0.5, 0.6) is 5.88 Å². The molecule has 2 aliphatic carbocycles. The topological polar surface area (TPSA) is 162 Å². The number of carbonyl (C=O) groups is 4. The van der Waals surface area contributed by atoms with E-state index in [1.165, 1.54) is 23.3 Å². The van der Waals surface area contributed by atoms with E-state index in [-0.39, 0.29) is 25.0 Å². The molecule has 51 heavy (non-hydrogen) atoms. The smallest absolute Gasteiger partial charge is 0.408 e. The summed E-state index contributed by atoms with van der Waals surface area (Å²) in [5, 5.41) is 7.80. The molecule has 0 aromatic carbocycles. The Labute approximate surface area is 300 Å². The van der Waals surface area contributed by atoms with Crippen LogP contribution in [0.4, 0.5) is 4.79 Å². The Bertz CT molecular complexity index is 1810.